The van der Waals surface area contributed by atoms with Crippen molar-refractivity contribution in [3.8, 4) is 0 Å². The number of carbonyl (C=O) groups excluding carboxylic acids is 1. The Morgan fingerprint density at radius 3 is 2.88 bits per heavy atom. The van der Waals surface area contributed by atoms with E-state index in [0.717, 1.165) is 28.7 Å². The largest absolute Gasteiger partial charge is 0.457 e. The first-order valence-electron chi connectivity index (χ1n) is 5.92. The lowest BCUT2D eigenvalue weighted by Gasteiger charge is -2.22. The number of hydrogen-bond acceptors (Lipinski definition) is 3. The van der Waals surface area contributed by atoms with Crippen LogP contribution < -0.4 is 0 Å². The number of cyclic esters (lactones) is 1. The lowest BCUT2D eigenvalue weighted by Crippen LogP contribution is -2.18. The van der Waals surface area contributed by atoms with Gasteiger partial charge in [0, 0.05) is 5.56 Å². The number of fused-ring (bicyclic) bond motifs is 3. The fourth-order valence-corrected chi connectivity index (χ4v) is 3.01. The third kappa shape index (κ3) is 1.29. The summed E-state index contributed by atoms with van der Waals surface area (Å²) in [6.45, 7) is 6.40. The van der Waals surface area contributed by atoms with Gasteiger partial charge in [-0.25, -0.2) is 4.79 Å². The van der Waals surface area contributed by atoms with Gasteiger partial charge in [-0.1, -0.05) is 19.9 Å². The second-order valence-corrected chi connectivity index (χ2v) is 5.76. The van der Waals surface area contributed by atoms with E-state index in [0.29, 0.717) is 12.2 Å². The van der Waals surface area contributed by atoms with E-state index in [1.165, 1.54) is 0 Å². The standard InChI is InChI=1S/C14H16O3/c1-7-4-8-5-14(2,3)12(15)10(8)11-9(7)6-17-13(11)16/h4,12,15H,5-6H2,1-3H3. The topological polar surface area (TPSA) is 46.5 Å². The van der Waals surface area contributed by atoms with Gasteiger partial charge in [-0.15, -0.1) is 0 Å². The minimum atomic E-state index is -0.572. The molecule has 0 aromatic heterocycles. The van der Waals surface area contributed by atoms with Crippen molar-refractivity contribution in [2.75, 3.05) is 0 Å². The monoisotopic (exact) mass is 232 g/mol. The highest BCUT2D eigenvalue weighted by molar-refractivity contribution is 5.96. The second kappa shape index (κ2) is 3.10. The molecule has 0 amide bonds. The molecule has 0 saturated carbocycles. The summed E-state index contributed by atoms with van der Waals surface area (Å²) in [4.78, 5) is 11.8. The van der Waals surface area contributed by atoms with Crippen molar-refractivity contribution in [2.45, 2.75) is 39.9 Å². The molecule has 1 unspecified atom stereocenters. The van der Waals surface area contributed by atoms with Gasteiger partial charge in [0.2, 0.25) is 0 Å². The van der Waals surface area contributed by atoms with E-state index in [9.17, 15) is 9.90 Å². The van der Waals surface area contributed by atoms with Gasteiger partial charge < -0.3 is 9.84 Å². The van der Waals surface area contributed by atoms with Crippen molar-refractivity contribution in [2.24, 2.45) is 5.41 Å². The molecule has 1 aromatic carbocycles. The first-order valence-corrected chi connectivity index (χ1v) is 5.92. The molecule has 2 aliphatic rings. The number of aliphatic hydroxyl groups is 1. The van der Waals surface area contributed by atoms with Crippen LogP contribution in [0.1, 0.15) is 52.6 Å². The summed E-state index contributed by atoms with van der Waals surface area (Å²) in [7, 11) is 0. The van der Waals surface area contributed by atoms with Crippen LogP contribution in [0.2, 0.25) is 0 Å². The normalized spacial score (nSPS) is 24.5. The summed E-state index contributed by atoms with van der Waals surface area (Å²) in [5, 5.41) is 10.4. The number of aliphatic hydroxyl groups excluding tert-OH is 1. The lowest BCUT2D eigenvalue weighted by molar-refractivity contribution is 0.0508. The van der Waals surface area contributed by atoms with Gasteiger partial charge in [-0.05, 0) is 35.4 Å². The average Bonchev–Trinajstić information content (AvgIpc) is 2.69. The van der Waals surface area contributed by atoms with Gasteiger partial charge in [-0.3, -0.25) is 0 Å². The number of esters is 1. The Hall–Kier alpha value is -1.35. The van der Waals surface area contributed by atoms with Crippen molar-refractivity contribution in [3.63, 3.8) is 0 Å². The van der Waals surface area contributed by atoms with E-state index in [-0.39, 0.29) is 11.4 Å². The van der Waals surface area contributed by atoms with E-state index in [1.54, 1.807) is 0 Å². The molecule has 3 heteroatoms. The SMILES string of the molecule is Cc1cc2c(c3c1COC3=O)C(O)C(C)(C)C2. The van der Waals surface area contributed by atoms with E-state index < -0.39 is 6.10 Å². The maximum atomic E-state index is 11.8. The molecule has 0 spiro atoms. The molecule has 0 bridgehead atoms. The molecule has 1 atom stereocenters. The van der Waals surface area contributed by atoms with Crippen LogP contribution in [0.25, 0.3) is 0 Å². The number of benzene rings is 1. The smallest absolute Gasteiger partial charge is 0.339 e. The third-order valence-electron chi connectivity index (χ3n) is 4.00. The van der Waals surface area contributed by atoms with Crippen molar-refractivity contribution in [1.82, 2.24) is 0 Å². The molecule has 0 saturated heterocycles. The van der Waals surface area contributed by atoms with Crippen LogP contribution >= 0.6 is 0 Å². The van der Waals surface area contributed by atoms with Crippen LogP contribution in [-0.4, -0.2) is 11.1 Å². The summed E-state index contributed by atoms with van der Waals surface area (Å²) in [6, 6.07) is 2.09. The van der Waals surface area contributed by atoms with Crippen LogP contribution in [0.5, 0.6) is 0 Å². The first kappa shape index (κ1) is 10.8. The molecule has 1 aliphatic heterocycles. The third-order valence-corrected chi connectivity index (χ3v) is 4.00. The highest BCUT2D eigenvalue weighted by Gasteiger charge is 2.43. The Balaban J connectivity index is 2.30. The van der Waals surface area contributed by atoms with Crippen molar-refractivity contribution in [1.29, 1.82) is 0 Å². The van der Waals surface area contributed by atoms with Crippen LogP contribution in [0.15, 0.2) is 6.07 Å². The average molecular weight is 232 g/mol. The Bertz CT molecular complexity index is 529. The zero-order chi connectivity index (χ0) is 12.4. The molecule has 0 fully saturated rings. The van der Waals surface area contributed by atoms with Gasteiger partial charge >= 0.3 is 5.97 Å². The molecule has 1 N–H and O–H groups in total. The number of rotatable bonds is 0. The molecule has 90 valence electrons. The molecular formula is C14H16O3. The summed E-state index contributed by atoms with van der Waals surface area (Å²) in [5.74, 6) is -0.281. The molecule has 1 aromatic rings. The molecule has 17 heavy (non-hydrogen) atoms. The van der Waals surface area contributed by atoms with Gasteiger partial charge in [0.15, 0.2) is 0 Å². The quantitative estimate of drug-likeness (QED) is 0.698. The number of hydrogen-bond donors (Lipinski definition) is 1. The molecule has 3 rings (SSSR count). The van der Waals surface area contributed by atoms with E-state index in [4.69, 9.17) is 4.74 Å². The predicted molar refractivity (Wildman–Crippen MR) is 62.7 cm³/mol. The molecular weight excluding hydrogens is 216 g/mol. The number of aryl methyl sites for hydroxylation is 1. The van der Waals surface area contributed by atoms with E-state index in [1.807, 2.05) is 20.8 Å². The summed E-state index contributed by atoms with van der Waals surface area (Å²) in [5.41, 5.74) is 4.36. The molecule has 1 heterocycles. The zero-order valence-electron chi connectivity index (χ0n) is 10.3. The summed E-state index contributed by atoms with van der Waals surface area (Å²) < 4.78 is 5.10. The second-order valence-electron chi connectivity index (χ2n) is 5.76. The Morgan fingerprint density at radius 2 is 2.18 bits per heavy atom. The Labute approximate surface area is 100 Å². The van der Waals surface area contributed by atoms with Gasteiger partial charge in [0.05, 0.1) is 11.7 Å². The van der Waals surface area contributed by atoms with Crippen molar-refractivity contribution in [3.05, 3.63) is 33.9 Å². The fraction of sp³-hybridized carbons (Fsp3) is 0.500. The minimum Gasteiger partial charge on any atom is -0.457 e. The molecule has 3 nitrogen and oxygen atoms in total. The maximum Gasteiger partial charge on any atom is 0.339 e. The van der Waals surface area contributed by atoms with Gasteiger partial charge in [0.25, 0.3) is 0 Å². The first-order chi connectivity index (χ1) is 7.92. The van der Waals surface area contributed by atoms with E-state index in [2.05, 4.69) is 6.07 Å². The van der Waals surface area contributed by atoms with Crippen molar-refractivity contribution < 1.29 is 14.6 Å². The summed E-state index contributed by atoms with van der Waals surface area (Å²) in [6.07, 6.45) is 0.239. The number of carbonyl (C=O) groups is 1. The highest BCUT2D eigenvalue weighted by atomic mass is 16.5. The van der Waals surface area contributed by atoms with Gasteiger partial charge in [0.1, 0.15) is 6.61 Å². The predicted octanol–water partition coefficient (Wildman–Crippen LogP) is 2.28. The maximum absolute atomic E-state index is 11.8. The minimum absolute atomic E-state index is 0.202. The van der Waals surface area contributed by atoms with Crippen LogP contribution in [0, 0.1) is 12.3 Å². The van der Waals surface area contributed by atoms with Crippen LogP contribution in [-0.2, 0) is 17.8 Å². The highest BCUT2D eigenvalue weighted by Crippen LogP contribution is 2.48. The fourth-order valence-electron chi connectivity index (χ4n) is 3.01. The summed E-state index contributed by atoms with van der Waals surface area (Å²) >= 11 is 0. The van der Waals surface area contributed by atoms with Crippen molar-refractivity contribution >= 4 is 5.97 Å². The lowest BCUT2D eigenvalue weighted by atomic mass is 9.87. The zero-order valence-corrected chi connectivity index (χ0v) is 10.3. The van der Waals surface area contributed by atoms with Crippen LogP contribution in [0.4, 0.5) is 0 Å². The van der Waals surface area contributed by atoms with Gasteiger partial charge in [-0.2, -0.15) is 0 Å². The Kier molecular flexibility index (Phi) is 1.97. The van der Waals surface area contributed by atoms with E-state index >= 15 is 0 Å². The Morgan fingerprint density at radius 1 is 1.47 bits per heavy atom. The molecule has 0 radical (unpaired) electrons. The van der Waals surface area contributed by atoms with Crippen LogP contribution in [0.3, 0.4) is 0 Å². The molecule has 1 aliphatic carbocycles. The number of ether oxygens (including phenoxy) is 1.